The van der Waals surface area contributed by atoms with Crippen molar-refractivity contribution in [3.63, 3.8) is 0 Å². The van der Waals surface area contributed by atoms with Crippen molar-refractivity contribution in [2.75, 3.05) is 5.32 Å². The minimum atomic E-state index is -0.0483. The highest BCUT2D eigenvalue weighted by atomic mass is 16.1. The number of nitrogens with one attached hydrogen (secondary N) is 1. The number of carbonyl (C=O) groups is 1. The van der Waals surface area contributed by atoms with Crippen LogP contribution in [0, 0.1) is 0 Å². The Kier molecular flexibility index (Phi) is 4.52. The highest BCUT2D eigenvalue weighted by Crippen LogP contribution is 2.11. The molecule has 0 atom stereocenters. The Hall–Kier alpha value is -2.89. The van der Waals surface area contributed by atoms with Crippen molar-refractivity contribution in [2.45, 2.75) is 26.3 Å². The molecule has 0 saturated carbocycles. The van der Waals surface area contributed by atoms with Crippen molar-refractivity contribution in [3.05, 3.63) is 60.7 Å². The van der Waals surface area contributed by atoms with Gasteiger partial charge in [-0.1, -0.05) is 19.1 Å². The third-order valence-electron chi connectivity index (χ3n) is 3.44. The van der Waals surface area contributed by atoms with E-state index in [2.05, 4.69) is 22.4 Å². The molecule has 6 heteroatoms. The average Bonchev–Trinajstić information content (AvgIpc) is 3.20. The first-order valence-electron chi connectivity index (χ1n) is 7.66. The minimum Gasteiger partial charge on any atom is -0.323 e. The van der Waals surface area contributed by atoms with Gasteiger partial charge in [0.15, 0.2) is 0 Å². The molecule has 0 aliphatic carbocycles. The molecule has 0 fully saturated rings. The topological polar surface area (TPSA) is 64.7 Å². The van der Waals surface area contributed by atoms with Crippen molar-refractivity contribution in [1.82, 2.24) is 19.6 Å². The number of benzene rings is 1. The summed E-state index contributed by atoms with van der Waals surface area (Å²) in [6.07, 6.45) is 8.49. The Morgan fingerprint density at radius 1 is 1.22 bits per heavy atom. The normalized spacial score (nSPS) is 10.7. The molecule has 1 N–H and O–H groups in total. The molecule has 0 radical (unpaired) electrons. The van der Waals surface area contributed by atoms with Crippen LogP contribution < -0.4 is 5.32 Å². The fourth-order valence-corrected chi connectivity index (χ4v) is 2.36. The molecule has 0 spiro atoms. The maximum atomic E-state index is 12.1. The third kappa shape index (κ3) is 3.85. The van der Waals surface area contributed by atoms with E-state index in [1.165, 1.54) is 0 Å². The first-order valence-corrected chi connectivity index (χ1v) is 7.66. The summed E-state index contributed by atoms with van der Waals surface area (Å²) in [5, 5.41) is 11.2. The predicted octanol–water partition coefficient (Wildman–Crippen LogP) is 2.66. The summed E-state index contributed by atoms with van der Waals surface area (Å²) in [5.74, 6) is -0.0483. The van der Waals surface area contributed by atoms with Crippen LogP contribution in [-0.2, 0) is 17.8 Å². The van der Waals surface area contributed by atoms with E-state index in [-0.39, 0.29) is 5.91 Å². The zero-order chi connectivity index (χ0) is 16.1. The second-order valence-corrected chi connectivity index (χ2v) is 5.33. The lowest BCUT2D eigenvalue weighted by atomic mass is 10.1. The highest BCUT2D eigenvalue weighted by molar-refractivity contribution is 5.92. The first kappa shape index (κ1) is 15.0. The van der Waals surface area contributed by atoms with Gasteiger partial charge in [0, 0.05) is 25.1 Å². The van der Waals surface area contributed by atoms with Crippen LogP contribution in [0.15, 0.2) is 55.1 Å². The number of aromatic nitrogens is 4. The summed E-state index contributed by atoms with van der Waals surface area (Å²) in [5.41, 5.74) is 2.66. The maximum absolute atomic E-state index is 12.1. The van der Waals surface area contributed by atoms with E-state index in [9.17, 15) is 4.79 Å². The lowest BCUT2D eigenvalue weighted by Gasteiger charge is -2.05. The SMILES string of the molecule is CCCn1cc(NC(=O)Cc2ccc(-n3cccn3)cc2)cn1. The lowest BCUT2D eigenvalue weighted by Crippen LogP contribution is -2.14. The van der Waals surface area contributed by atoms with E-state index >= 15 is 0 Å². The van der Waals surface area contributed by atoms with Crippen LogP contribution in [0.2, 0.25) is 0 Å². The third-order valence-corrected chi connectivity index (χ3v) is 3.44. The average molecular weight is 309 g/mol. The standard InChI is InChI=1S/C17H19N5O/c1-2-9-21-13-15(12-19-21)20-17(23)11-14-4-6-16(7-5-14)22-10-3-8-18-22/h3-8,10,12-13H,2,9,11H2,1H3,(H,20,23). The number of anilines is 1. The van der Waals surface area contributed by atoms with Gasteiger partial charge in [-0.15, -0.1) is 0 Å². The molecule has 3 rings (SSSR count). The van der Waals surface area contributed by atoms with E-state index < -0.39 is 0 Å². The molecule has 0 aliphatic rings. The Morgan fingerprint density at radius 2 is 2.04 bits per heavy atom. The van der Waals surface area contributed by atoms with Gasteiger partial charge in [-0.05, 0) is 30.2 Å². The van der Waals surface area contributed by atoms with E-state index in [4.69, 9.17) is 0 Å². The lowest BCUT2D eigenvalue weighted by molar-refractivity contribution is -0.115. The fourth-order valence-electron chi connectivity index (χ4n) is 2.36. The summed E-state index contributed by atoms with van der Waals surface area (Å²) in [6.45, 7) is 2.94. The van der Waals surface area contributed by atoms with Gasteiger partial charge < -0.3 is 5.32 Å². The largest absolute Gasteiger partial charge is 0.323 e. The van der Waals surface area contributed by atoms with Crippen molar-refractivity contribution in [3.8, 4) is 5.69 Å². The zero-order valence-electron chi connectivity index (χ0n) is 13.0. The number of rotatable bonds is 6. The van der Waals surface area contributed by atoms with Crippen molar-refractivity contribution >= 4 is 11.6 Å². The Balaban J connectivity index is 1.59. The first-order chi connectivity index (χ1) is 11.2. The molecule has 1 amide bonds. The number of hydrogen-bond donors (Lipinski definition) is 1. The zero-order valence-corrected chi connectivity index (χ0v) is 13.0. The molecular formula is C17H19N5O. The fraction of sp³-hybridized carbons (Fsp3) is 0.235. The summed E-state index contributed by atoms with van der Waals surface area (Å²) >= 11 is 0. The molecule has 0 aliphatic heterocycles. The molecule has 6 nitrogen and oxygen atoms in total. The number of nitrogens with zero attached hydrogens (tertiary/aromatic N) is 4. The molecule has 2 aromatic heterocycles. The van der Waals surface area contributed by atoms with Gasteiger partial charge in [0.25, 0.3) is 0 Å². The Bertz CT molecular complexity index is 759. The molecular weight excluding hydrogens is 290 g/mol. The summed E-state index contributed by atoms with van der Waals surface area (Å²) in [7, 11) is 0. The molecule has 2 heterocycles. The van der Waals surface area contributed by atoms with Crippen LogP contribution in [0.1, 0.15) is 18.9 Å². The van der Waals surface area contributed by atoms with Gasteiger partial charge in [0.1, 0.15) is 0 Å². The molecule has 0 bridgehead atoms. The van der Waals surface area contributed by atoms with Crippen molar-refractivity contribution in [1.29, 1.82) is 0 Å². The van der Waals surface area contributed by atoms with Gasteiger partial charge in [-0.2, -0.15) is 10.2 Å². The minimum absolute atomic E-state index is 0.0483. The van der Waals surface area contributed by atoms with Crippen LogP contribution in [0.25, 0.3) is 5.69 Å². The van der Waals surface area contributed by atoms with Crippen molar-refractivity contribution < 1.29 is 4.79 Å². The van der Waals surface area contributed by atoms with Crippen LogP contribution in [0.3, 0.4) is 0 Å². The number of hydrogen-bond acceptors (Lipinski definition) is 3. The van der Waals surface area contributed by atoms with Crippen LogP contribution in [0.4, 0.5) is 5.69 Å². The number of aryl methyl sites for hydroxylation is 1. The smallest absolute Gasteiger partial charge is 0.228 e. The summed E-state index contributed by atoms with van der Waals surface area (Å²) in [4.78, 5) is 12.1. The quantitative estimate of drug-likeness (QED) is 0.761. The van der Waals surface area contributed by atoms with Gasteiger partial charge in [0.05, 0.1) is 24.0 Å². The van der Waals surface area contributed by atoms with Crippen LogP contribution >= 0.6 is 0 Å². The van der Waals surface area contributed by atoms with E-state index in [0.29, 0.717) is 6.42 Å². The number of carbonyl (C=O) groups excluding carboxylic acids is 1. The molecule has 118 valence electrons. The van der Waals surface area contributed by atoms with E-state index in [0.717, 1.165) is 29.9 Å². The van der Waals surface area contributed by atoms with Gasteiger partial charge in [-0.25, -0.2) is 4.68 Å². The Labute approximate surface area is 134 Å². The second-order valence-electron chi connectivity index (χ2n) is 5.33. The van der Waals surface area contributed by atoms with Crippen LogP contribution in [0.5, 0.6) is 0 Å². The monoisotopic (exact) mass is 309 g/mol. The highest BCUT2D eigenvalue weighted by Gasteiger charge is 2.06. The molecule has 3 aromatic rings. The number of amides is 1. The summed E-state index contributed by atoms with van der Waals surface area (Å²) in [6, 6.07) is 9.66. The molecule has 0 saturated heterocycles. The van der Waals surface area contributed by atoms with Gasteiger partial charge >= 0.3 is 0 Å². The molecule has 23 heavy (non-hydrogen) atoms. The van der Waals surface area contributed by atoms with E-state index in [1.54, 1.807) is 17.1 Å². The second kappa shape index (κ2) is 6.91. The van der Waals surface area contributed by atoms with Crippen molar-refractivity contribution in [2.24, 2.45) is 0 Å². The van der Waals surface area contributed by atoms with Gasteiger partial charge in [-0.3, -0.25) is 9.48 Å². The molecule has 0 unspecified atom stereocenters. The van der Waals surface area contributed by atoms with Crippen LogP contribution in [-0.4, -0.2) is 25.5 Å². The van der Waals surface area contributed by atoms with Gasteiger partial charge in [0.2, 0.25) is 5.91 Å². The maximum Gasteiger partial charge on any atom is 0.228 e. The predicted molar refractivity (Wildman–Crippen MR) is 88.4 cm³/mol. The summed E-state index contributed by atoms with van der Waals surface area (Å²) < 4.78 is 3.61. The Morgan fingerprint density at radius 3 is 2.74 bits per heavy atom. The molecule has 1 aromatic carbocycles. The van der Waals surface area contributed by atoms with E-state index in [1.807, 2.05) is 47.4 Å².